The third-order valence-electron chi connectivity index (χ3n) is 10.1. The number of nitrogens with zero attached hydrogens (tertiary/aromatic N) is 2. The molecule has 0 spiro atoms. The molecule has 2 saturated heterocycles. The van der Waals surface area contributed by atoms with Gasteiger partial charge in [-0.05, 0) is 39.4 Å². The summed E-state index contributed by atoms with van der Waals surface area (Å²) in [6.07, 6.45) is -0.297. The summed E-state index contributed by atoms with van der Waals surface area (Å²) in [7, 11) is 0. The summed E-state index contributed by atoms with van der Waals surface area (Å²) in [6, 6.07) is 32.9. The van der Waals surface area contributed by atoms with Crippen LogP contribution in [0.2, 0.25) is 0 Å². The molecule has 0 aromatic heterocycles. The van der Waals surface area contributed by atoms with Crippen LogP contribution in [-0.4, -0.2) is 59.6 Å². The minimum absolute atomic E-state index is 0.0429. The quantitative estimate of drug-likeness (QED) is 0.0814. The van der Waals surface area contributed by atoms with Crippen molar-refractivity contribution in [3.8, 4) is 11.1 Å². The van der Waals surface area contributed by atoms with Crippen LogP contribution < -0.4 is 5.32 Å². The Kier molecular flexibility index (Phi) is 12.0. The van der Waals surface area contributed by atoms with Crippen molar-refractivity contribution in [2.45, 2.75) is 44.6 Å². The van der Waals surface area contributed by atoms with E-state index in [-0.39, 0.29) is 25.4 Å². The van der Waals surface area contributed by atoms with Crippen molar-refractivity contribution in [1.82, 2.24) is 15.1 Å². The molecule has 1 amide bonds. The van der Waals surface area contributed by atoms with E-state index in [1.165, 1.54) is 5.56 Å². The summed E-state index contributed by atoms with van der Waals surface area (Å²) in [4.78, 5) is 17.4. The highest BCUT2D eigenvalue weighted by Gasteiger charge is 2.34. The predicted molar refractivity (Wildman–Crippen MR) is 196 cm³/mol. The highest BCUT2D eigenvalue weighted by molar-refractivity contribution is 5.94. The van der Waals surface area contributed by atoms with E-state index in [2.05, 4.69) is 39.4 Å². The molecule has 286 valence electrons. The zero-order valence-corrected chi connectivity index (χ0v) is 29.9. The molecule has 12 heteroatoms. The maximum Gasteiger partial charge on any atom is 0.257 e. The molecule has 2 N–H and O–H groups in total. The molecule has 55 heavy (non-hydrogen) atoms. The second kappa shape index (κ2) is 17.2. The lowest BCUT2D eigenvalue weighted by atomic mass is 9.98. The van der Waals surface area contributed by atoms with E-state index in [1.54, 1.807) is 18.2 Å². The standard InChI is InChI=1S/C43H40F5N3O4/c44-37-36(38(45)40(47)41(48)39(37)46)42(53)49-23-29-7-4-8-33(21-29)30-13-15-32(16-14-30)43-54-34(22-35(55-43)31-11-9-28(26-52)10-12-31)25-51-19-17-50(18-20-51)24-27-5-2-1-3-6-27/h1-16,21,34-35,43,52H,17-20,22-26H2,(H,49,53)/t34-,35+,43+/m1/s1. The Morgan fingerprint density at radius 1 is 0.655 bits per heavy atom. The zero-order valence-electron chi connectivity index (χ0n) is 29.9. The lowest BCUT2D eigenvalue weighted by Gasteiger charge is -2.40. The first-order valence-electron chi connectivity index (χ1n) is 18.1. The highest BCUT2D eigenvalue weighted by atomic mass is 19.2. The van der Waals surface area contributed by atoms with Crippen molar-refractivity contribution in [2.24, 2.45) is 0 Å². The van der Waals surface area contributed by atoms with E-state index in [4.69, 9.17) is 9.47 Å². The van der Waals surface area contributed by atoms with Crippen LogP contribution in [0.25, 0.3) is 11.1 Å². The first kappa shape index (κ1) is 38.3. The van der Waals surface area contributed by atoms with Gasteiger partial charge >= 0.3 is 0 Å². The SMILES string of the molecule is O=C(NCc1cccc(-c2ccc([C@H]3O[C@@H](CN4CCN(Cc5ccccc5)CC4)C[C@@H](c4ccc(CO)cc4)O3)cc2)c1)c1c(F)c(F)c(F)c(F)c1F. The molecule has 7 nitrogen and oxygen atoms in total. The third kappa shape index (κ3) is 8.95. The van der Waals surface area contributed by atoms with E-state index in [9.17, 15) is 31.9 Å². The summed E-state index contributed by atoms with van der Waals surface area (Å²) < 4.78 is 82.2. The maximum atomic E-state index is 14.2. The molecule has 0 aliphatic carbocycles. The molecule has 5 aromatic carbocycles. The molecule has 0 unspecified atom stereocenters. The van der Waals surface area contributed by atoms with Gasteiger partial charge in [-0.3, -0.25) is 14.6 Å². The lowest BCUT2D eigenvalue weighted by Crippen LogP contribution is -2.49. The topological polar surface area (TPSA) is 74.3 Å². The van der Waals surface area contributed by atoms with Gasteiger partial charge in [-0.1, -0.05) is 97.1 Å². The molecule has 3 atom stereocenters. The number of rotatable bonds is 11. The normalized spacial score (nSPS) is 19.3. The number of amides is 1. The van der Waals surface area contributed by atoms with Crippen LogP contribution in [0.5, 0.6) is 0 Å². The molecular weight excluding hydrogens is 717 g/mol. The van der Waals surface area contributed by atoms with E-state index in [0.29, 0.717) is 12.0 Å². The number of benzene rings is 5. The molecule has 2 fully saturated rings. The van der Waals surface area contributed by atoms with Gasteiger partial charge in [0.2, 0.25) is 5.82 Å². The van der Waals surface area contributed by atoms with Crippen molar-refractivity contribution in [3.63, 3.8) is 0 Å². The van der Waals surface area contributed by atoms with Gasteiger partial charge in [0.15, 0.2) is 29.6 Å². The lowest BCUT2D eigenvalue weighted by molar-refractivity contribution is -0.253. The molecule has 2 heterocycles. The molecule has 0 saturated carbocycles. The summed E-state index contributed by atoms with van der Waals surface area (Å²) >= 11 is 0. The molecule has 5 aromatic rings. The minimum atomic E-state index is -2.33. The molecule has 2 aliphatic heterocycles. The Hall–Kier alpha value is -4.98. The maximum absolute atomic E-state index is 14.2. The number of carbonyl (C=O) groups is 1. The van der Waals surface area contributed by atoms with Crippen molar-refractivity contribution in [3.05, 3.63) is 166 Å². The van der Waals surface area contributed by atoms with E-state index < -0.39 is 46.8 Å². The summed E-state index contributed by atoms with van der Waals surface area (Å²) in [5, 5.41) is 11.8. The largest absolute Gasteiger partial charge is 0.392 e. The predicted octanol–water partition coefficient (Wildman–Crippen LogP) is 7.83. The van der Waals surface area contributed by atoms with Gasteiger partial charge in [-0.2, -0.15) is 0 Å². The summed E-state index contributed by atoms with van der Waals surface area (Å²) in [6.45, 7) is 5.22. The van der Waals surface area contributed by atoms with Crippen LogP contribution in [0.1, 0.15) is 57.0 Å². The van der Waals surface area contributed by atoms with Crippen LogP contribution in [-0.2, 0) is 29.2 Å². The fourth-order valence-electron chi connectivity index (χ4n) is 7.06. The third-order valence-corrected chi connectivity index (χ3v) is 10.1. The second-order valence-electron chi connectivity index (χ2n) is 13.9. The Bertz CT molecular complexity index is 2070. The molecule has 7 rings (SSSR count). The van der Waals surface area contributed by atoms with Crippen LogP contribution in [0.3, 0.4) is 0 Å². The van der Waals surface area contributed by atoms with E-state index >= 15 is 0 Å². The molecule has 0 radical (unpaired) electrons. The highest BCUT2D eigenvalue weighted by Crippen LogP contribution is 2.39. The van der Waals surface area contributed by atoms with Gasteiger partial charge in [-0.15, -0.1) is 0 Å². The number of piperazine rings is 1. The van der Waals surface area contributed by atoms with Crippen molar-refractivity contribution < 1.29 is 41.3 Å². The molecule has 2 aliphatic rings. The van der Waals surface area contributed by atoms with Gasteiger partial charge in [0, 0.05) is 57.8 Å². The van der Waals surface area contributed by atoms with Gasteiger partial charge in [0.1, 0.15) is 5.56 Å². The van der Waals surface area contributed by atoms with Gasteiger partial charge in [-0.25, -0.2) is 22.0 Å². The average molecular weight is 758 g/mol. The number of nitrogens with one attached hydrogen (secondary N) is 1. The van der Waals surface area contributed by atoms with Crippen molar-refractivity contribution in [2.75, 3.05) is 32.7 Å². The van der Waals surface area contributed by atoms with E-state index in [1.807, 2.05) is 60.7 Å². The van der Waals surface area contributed by atoms with Crippen LogP contribution in [0, 0.1) is 29.1 Å². The average Bonchev–Trinajstić information content (AvgIpc) is 3.22. The number of hydrogen-bond donors (Lipinski definition) is 2. The fraction of sp³-hybridized carbons (Fsp3) is 0.279. The van der Waals surface area contributed by atoms with E-state index in [0.717, 1.165) is 67.1 Å². The Morgan fingerprint density at radius 3 is 1.95 bits per heavy atom. The van der Waals surface area contributed by atoms with Crippen molar-refractivity contribution >= 4 is 5.91 Å². The Labute approximate surface area is 315 Å². The second-order valence-corrected chi connectivity index (χ2v) is 13.9. The summed E-state index contributed by atoms with van der Waals surface area (Å²) in [5.74, 6) is -12.5. The van der Waals surface area contributed by atoms with Gasteiger partial charge in [0.05, 0.1) is 18.8 Å². The number of aliphatic hydroxyl groups excluding tert-OH is 1. The first-order chi connectivity index (χ1) is 26.7. The van der Waals surface area contributed by atoms with Crippen LogP contribution in [0.4, 0.5) is 22.0 Å². The monoisotopic (exact) mass is 757 g/mol. The zero-order chi connectivity index (χ0) is 38.5. The number of aliphatic hydroxyl groups is 1. The number of halogens is 5. The Morgan fingerprint density at radius 2 is 1.27 bits per heavy atom. The molecule has 0 bridgehead atoms. The first-order valence-corrected chi connectivity index (χ1v) is 18.1. The number of carbonyl (C=O) groups excluding carboxylic acids is 1. The smallest absolute Gasteiger partial charge is 0.257 e. The number of ether oxygens (including phenoxy) is 2. The molecular formula is C43H40F5N3O4. The van der Waals surface area contributed by atoms with Gasteiger partial charge < -0.3 is 19.9 Å². The van der Waals surface area contributed by atoms with Crippen LogP contribution in [0.15, 0.2) is 103 Å². The Balaban J connectivity index is 1.02. The minimum Gasteiger partial charge on any atom is -0.392 e. The van der Waals surface area contributed by atoms with Crippen molar-refractivity contribution in [1.29, 1.82) is 0 Å². The van der Waals surface area contributed by atoms with Gasteiger partial charge in [0.25, 0.3) is 5.91 Å². The fourth-order valence-corrected chi connectivity index (χ4v) is 7.06. The summed E-state index contributed by atoms with van der Waals surface area (Å²) in [5.41, 5.74) is 4.55. The number of hydrogen-bond acceptors (Lipinski definition) is 6. The van der Waals surface area contributed by atoms with Crippen LogP contribution >= 0.6 is 0 Å².